The number of carbonyl (C=O) groups excluding carboxylic acids is 3. The van der Waals surface area contributed by atoms with Crippen molar-refractivity contribution in [3.8, 4) is 0 Å². The summed E-state index contributed by atoms with van der Waals surface area (Å²) >= 11 is 0. The SMILES string of the molecule is CC(C)(C)CC(=O)Nc1cc(C(=O)N2CCNCC2)ccc1N1CCCN(C(=O)CC(C)(C)C)CC1. The van der Waals surface area contributed by atoms with Gasteiger partial charge < -0.3 is 25.3 Å². The average Bonchev–Trinajstić information content (AvgIpc) is 3.03. The molecule has 2 aliphatic heterocycles. The molecule has 8 nitrogen and oxygen atoms in total. The topological polar surface area (TPSA) is 85.0 Å². The average molecular weight is 500 g/mol. The maximum atomic E-state index is 13.2. The largest absolute Gasteiger partial charge is 0.368 e. The summed E-state index contributed by atoms with van der Waals surface area (Å²) in [5.41, 5.74) is 1.97. The van der Waals surface area contributed by atoms with Gasteiger partial charge in [-0.15, -0.1) is 0 Å². The Bertz CT molecular complexity index is 941. The van der Waals surface area contributed by atoms with E-state index in [0.29, 0.717) is 50.3 Å². The molecule has 2 N–H and O–H groups in total. The Morgan fingerprint density at radius 3 is 2.14 bits per heavy atom. The van der Waals surface area contributed by atoms with Crippen molar-refractivity contribution in [1.29, 1.82) is 0 Å². The van der Waals surface area contributed by atoms with Crippen molar-refractivity contribution in [2.24, 2.45) is 10.8 Å². The molecule has 0 unspecified atom stereocenters. The summed E-state index contributed by atoms with van der Waals surface area (Å²) in [5.74, 6) is 0.122. The Kier molecular flexibility index (Phi) is 9.03. The molecule has 36 heavy (non-hydrogen) atoms. The number of carbonyl (C=O) groups is 3. The monoisotopic (exact) mass is 499 g/mol. The lowest BCUT2D eigenvalue weighted by Crippen LogP contribution is -2.46. The zero-order valence-corrected chi connectivity index (χ0v) is 23.1. The Labute approximate surface area is 216 Å². The molecule has 3 rings (SSSR count). The number of amides is 3. The fraction of sp³-hybridized carbons (Fsp3) is 0.679. The van der Waals surface area contributed by atoms with E-state index in [9.17, 15) is 14.4 Å². The number of hydrogen-bond donors (Lipinski definition) is 2. The van der Waals surface area contributed by atoms with Crippen LogP contribution in [0.1, 0.15) is 71.2 Å². The van der Waals surface area contributed by atoms with Gasteiger partial charge in [0.05, 0.1) is 11.4 Å². The van der Waals surface area contributed by atoms with Gasteiger partial charge in [0.15, 0.2) is 0 Å². The highest BCUT2D eigenvalue weighted by molar-refractivity contribution is 6.00. The fourth-order valence-corrected chi connectivity index (χ4v) is 4.74. The molecule has 0 aliphatic carbocycles. The van der Waals surface area contributed by atoms with E-state index >= 15 is 0 Å². The van der Waals surface area contributed by atoms with Gasteiger partial charge in [0.2, 0.25) is 11.8 Å². The van der Waals surface area contributed by atoms with E-state index < -0.39 is 0 Å². The van der Waals surface area contributed by atoms with Crippen LogP contribution >= 0.6 is 0 Å². The molecule has 3 amide bonds. The Morgan fingerprint density at radius 1 is 0.833 bits per heavy atom. The van der Waals surface area contributed by atoms with Crippen molar-refractivity contribution in [3.05, 3.63) is 23.8 Å². The van der Waals surface area contributed by atoms with E-state index in [4.69, 9.17) is 0 Å². The third-order valence-electron chi connectivity index (χ3n) is 6.48. The lowest BCUT2D eigenvalue weighted by molar-refractivity contribution is -0.132. The maximum absolute atomic E-state index is 13.2. The number of nitrogens with zero attached hydrogens (tertiary/aromatic N) is 3. The Hall–Kier alpha value is -2.61. The van der Waals surface area contributed by atoms with Crippen LogP contribution in [0.5, 0.6) is 0 Å². The minimum absolute atomic E-state index is 0.0100. The van der Waals surface area contributed by atoms with E-state index in [2.05, 4.69) is 36.3 Å². The molecule has 0 aromatic heterocycles. The molecule has 0 spiro atoms. The van der Waals surface area contributed by atoms with E-state index in [1.807, 2.05) is 48.8 Å². The number of benzene rings is 1. The zero-order chi connectivity index (χ0) is 26.5. The van der Waals surface area contributed by atoms with Gasteiger partial charge in [-0.3, -0.25) is 14.4 Å². The number of anilines is 2. The van der Waals surface area contributed by atoms with Crippen LogP contribution in [0.3, 0.4) is 0 Å². The highest BCUT2D eigenvalue weighted by Crippen LogP contribution is 2.31. The van der Waals surface area contributed by atoms with Crippen molar-refractivity contribution in [1.82, 2.24) is 15.1 Å². The molecule has 0 saturated carbocycles. The Morgan fingerprint density at radius 2 is 1.50 bits per heavy atom. The number of piperazine rings is 1. The third kappa shape index (κ3) is 8.22. The summed E-state index contributed by atoms with van der Waals surface area (Å²) in [7, 11) is 0. The molecule has 2 fully saturated rings. The van der Waals surface area contributed by atoms with Gasteiger partial charge >= 0.3 is 0 Å². The van der Waals surface area contributed by atoms with Crippen LogP contribution in [0.2, 0.25) is 0 Å². The second kappa shape index (κ2) is 11.6. The Balaban J connectivity index is 1.82. The van der Waals surface area contributed by atoms with Gasteiger partial charge in [0.25, 0.3) is 5.91 Å². The fourth-order valence-electron chi connectivity index (χ4n) is 4.74. The number of nitrogens with one attached hydrogen (secondary N) is 2. The first kappa shape index (κ1) is 28.0. The van der Waals surface area contributed by atoms with Crippen LogP contribution in [0.15, 0.2) is 18.2 Å². The van der Waals surface area contributed by atoms with Crippen molar-refractivity contribution in [3.63, 3.8) is 0 Å². The quantitative estimate of drug-likeness (QED) is 0.647. The van der Waals surface area contributed by atoms with Gasteiger partial charge in [-0.2, -0.15) is 0 Å². The predicted molar refractivity (Wildman–Crippen MR) is 145 cm³/mol. The first-order chi connectivity index (χ1) is 16.8. The summed E-state index contributed by atoms with van der Waals surface area (Å²) in [6.45, 7) is 18.2. The molecule has 2 heterocycles. The summed E-state index contributed by atoms with van der Waals surface area (Å²) in [6.07, 6.45) is 1.77. The highest BCUT2D eigenvalue weighted by Gasteiger charge is 2.26. The van der Waals surface area contributed by atoms with E-state index in [1.54, 1.807) is 0 Å². The van der Waals surface area contributed by atoms with Crippen LogP contribution in [-0.4, -0.2) is 79.9 Å². The summed E-state index contributed by atoms with van der Waals surface area (Å²) in [5, 5.41) is 6.38. The molecule has 0 radical (unpaired) electrons. The minimum Gasteiger partial charge on any atom is -0.368 e. The van der Waals surface area contributed by atoms with Gasteiger partial charge in [-0.25, -0.2) is 0 Å². The molecule has 200 valence electrons. The van der Waals surface area contributed by atoms with E-state index in [-0.39, 0.29) is 28.6 Å². The van der Waals surface area contributed by atoms with Crippen LogP contribution in [0.25, 0.3) is 0 Å². The molecular formula is C28H45N5O3. The molecule has 2 aliphatic rings. The number of rotatable bonds is 5. The molecule has 8 heteroatoms. The van der Waals surface area contributed by atoms with Gasteiger partial charge in [0, 0.05) is 70.8 Å². The van der Waals surface area contributed by atoms with Crippen LogP contribution in [-0.2, 0) is 9.59 Å². The molecular weight excluding hydrogens is 454 g/mol. The molecule has 2 saturated heterocycles. The normalized spacial score (nSPS) is 17.6. The number of hydrogen-bond acceptors (Lipinski definition) is 5. The standard InChI is InChI=1S/C28H45N5O3/c1-27(2,3)19-24(34)30-22-18-21(26(36)33-14-10-29-11-15-33)8-9-23(22)31-12-7-13-32(17-16-31)25(35)20-28(4,5)6/h8-9,18,29H,7,10-17,19-20H2,1-6H3,(H,30,34). The third-order valence-corrected chi connectivity index (χ3v) is 6.48. The van der Waals surface area contributed by atoms with Crippen LogP contribution < -0.4 is 15.5 Å². The lowest BCUT2D eigenvalue weighted by Gasteiger charge is -2.29. The van der Waals surface area contributed by atoms with Gasteiger partial charge in [-0.1, -0.05) is 41.5 Å². The minimum atomic E-state index is -0.144. The van der Waals surface area contributed by atoms with Gasteiger partial charge in [0.1, 0.15) is 0 Å². The first-order valence-corrected chi connectivity index (χ1v) is 13.3. The maximum Gasteiger partial charge on any atom is 0.254 e. The second-order valence-electron chi connectivity index (χ2n) is 12.5. The van der Waals surface area contributed by atoms with E-state index in [1.165, 1.54) is 0 Å². The van der Waals surface area contributed by atoms with E-state index in [0.717, 1.165) is 38.3 Å². The second-order valence-corrected chi connectivity index (χ2v) is 12.5. The first-order valence-electron chi connectivity index (χ1n) is 13.3. The highest BCUT2D eigenvalue weighted by atomic mass is 16.2. The summed E-state index contributed by atoms with van der Waals surface area (Å²) in [6, 6.07) is 5.65. The van der Waals surface area contributed by atoms with Crippen molar-refractivity contribution in [2.75, 3.05) is 62.6 Å². The van der Waals surface area contributed by atoms with Gasteiger partial charge in [-0.05, 0) is 35.4 Å². The molecule has 1 aromatic rings. The van der Waals surface area contributed by atoms with Crippen molar-refractivity contribution in [2.45, 2.75) is 60.8 Å². The zero-order valence-electron chi connectivity index (χ0n) is 23.1. The van der Waals surface area contributed by atoms with Crippen molar-refractivity contribution >= 4 is 29.1 Å². The smallest absolute Gasteiger partial charge is 0.254 e. The summed E-state index contributed by atoms with van der Waals surface area (Å²) in [4.78, 5) is 45.0. The summed E-state index contributed by atoms with van der Waals surface area (Å²) < 4.78 is 0. The van der Waals surface area contributed by atoms with Crippen LogP contribution in [0, 0.1) is 10.8 Å². The predicted octanol–water partition coefficient (Wildman–Crippen LogP) is 3.58. The molecule has 0 atom stereocenters. The lowest BCUT2D eigenvalue weighted by atomic mass is 9.91. The molecule has 1 aromatic carbocycles. The van der Waals surface area contributed by atoms with Crippen LogP contribution in [0.4, 0.5) is 11.4 Å². The molecule has 0 bridgehead atoms. The van der Waals surface area contributed by atoms with Crippen molar-refractivity contribution < 1.29 is 14.4 Å².